The molecule has 0 radical (unpaired) electrons. The fourth-order valence-electron chi connectivity index (χ4n) is 10.6. The third-order valence-corrected chi connectivity index (χ3v) is 13.9. The molecule has 4 heterocycles. The molecule has 0 spiro atoms. The maximum absolute atomic E-state index is 6.23. The van der Waals surface area contributed by atoms with Gasteiger partial charge in [-0.1, -0.05) is 164 Å². The van der Waals surface area contributed by atoms with Crippen molar-refractivity contribution in [1.29, 1.82) is 0 Å². The molecule has 69 heavy (non-hydrogen) atoms. The van der Waals surface area contributed by atoms with E-state index in [4.69, 9.17) is 9.40 Å². The number of rotatable bonds is 7. The molecule has 4 nitrogen and oxygen atoms in total. The number of fused-ring (bicyclic) bond motifs is 9. The van der Waals surface area contributed by atoms with E-state index in [1.165, 1.54) is 38.5 Å². The number of pyridine rings is 1. The molecule has 0 saturated heterocycles. The minimum Gasteiger partial charge on any atom is -0.456 e. The average Bonchev–Trinajstić information content (AvgIpc) is 4.08. The summed E-state index contributed by atoms with van der Waals surface area (Å²) in [5.74, 6) is 0.866. The second kappa shape index (κ2) is 15.7. The molecule has 0 aliphatic carbocycles. The molecule has 0 N–H and O–H groups in total. The monoisotopic (exact) mass is 879 g/mol. The first-order valence-electron chi connectivity index (χ1n) is 23.5. The first-order valence-corrected chi connectivity index (χ1v) is 23.5. The van der Waals surface area contributed by atoms with Crippen molar-refractivity contribution >= 4 is 65.6 Å². The van der Waals surface area contributed by atoms with Crippen LogP contribution in [0.1, 0.15) is 0 Å². The van der Waals surface area contributed by atoms with Gasteiger partial charge in [-0.25, -0.2) is 4.98 Å². The van der Waals surface area contributed by atoms with Crippen LogP contribution in [0.5, 0.6) is 0 Å². The molecular weight excluding hydrogens is 839 g/mol. The molecule has 4 heteroatoms. The third kappa shape index (κ3) is 6.49. The van der Waals surface area contributed by atoms with Crippen LogP contribution < -0.4 is 0 Å². The van der Waals surface area contributed by atoms with Crippen LogP contribution in [0.2, 0.25) is 0 Å². The van der Waals surface area contributed by atoms with Crippen LogP contribution in [0.4, 0.5) is 0 Å². The number of furan rings is 1. The van der Waals surface area contributed by atoms with E-state index >= 15 is 0 Å². The summed E-state index contributed by atoms with van der Waals surface area (Å²) in [7, 11) is 0. The summed E-state index contributed by atoms with van der Waals surface area (Å²) in [6.45, 7) is 0. The van der Waals surface area contributed by atoms with Gasteiger partial charge in [0.25, 0.3) is 0 Å². The smallest absolute Gasteiger partial charge is 0.138 e. The molecule has 0 aliphatic heterocycles. The fraction of sp³-hybridized carbons (Fsp3) is 0. The van der Waals surface area contributed by atoms with Gasteiger partial charge < -0.3 is 8.98 Å². The van der Waals surface area contributed by atoms with E-state index in [0.717, 1.165) is 94.3 Å². The standard InChI is InChI=1S/C65H41N3O/c1-3-13-42(14-4-1)43-25-27-44(28-26-43)45-15-11-16-50(37-45)58-21-12-24-65(66-58)68-60-34-30-46(48-32-36-64-57(40-48)54-20-8-10-23-63(54)69-64)38-55(60)56-39-47(31-35-61(56)68)49-29-33-53-52-19-7-9-22-59(52)67(62(53)41-49)51-17-5-2-6-18-51/h1-41H. The van der Waals surface area contributed by atoms with E-state index in [-0.39, 0.29) is 0 Å². The van der Waals surface area contributed by atoms with Gasteiger partial charge in [0.05, 0.1) is 27.8 Å². The Morgan fingerprint density at radius 2 is 0.754 bits per heavy atom. The normalized spacial score (nSPS) is 11.8. The Kier molecular flexibility index (Phi) is 8.86. The zero-order valence-electron chi connectivity index (χ0n) is 37.4. The van der Waals surface area contributed by atoms with Gasteiger partial charge in [-0.15, -0.1) is 0 Å². The highest BCUT2D eigenvalue weighted by Gasteiger charge is 2.19. The maximum atomic E-state index is 6.23. The summed E-state index contributed by atoms with van der Waals surface area (Å²) in [5, 5.41) is 7.04. The van der Waals surface area contributed by atoms with Gasteiger partial charge >= 0.3 is 0 Å². The molecule has 14 aromatic rings. The quantitative estimate of drug-likeness (QED) is 0.160. The summed E-state index contributed by atoms with van der Waals surface area (Å²) in [4.78, 5) is 5.44. The topological polar surface area (TPSA) is 35.9 Å². The van der Waals surface area contributed by atoms with E-state index in [1.807, 2.05) is 12.1 Å². The van der Waals surface area contributed by atoms with E-state index in [1.54, 1.807) is 0 Å². The number of hydrogen-bond donors (Lipinski definition) is 0. The third-order valence-electron chi connectivity index (χ3n) is 13.9. The van der Waals surface area contributed by atoms with Crippen LogP contribution >= 0.6 is 0 Å². The molecule has 14 rings (SSSR count). The Balaban J connectivity index is 0.919. The Hall–Kier alpha value is -9.25. The summed E-state index contributed by atoms with van der Waals surface area (Å²) in [6.07, 6.45) is 0. The lowest BCUT2D eigenvalue weighted by atomic mass is 9.98. The Morgan fingerprint density at radius 3 is 1.52 bits per heavy atom. The molecule has 0 unspecified atom stereocenters. The second-order valence-electron chi connectivity index (χ2n) is 17.9. The minimum absolute atomic E-state index is 0.866. The van der Waals surface area contributed by atoms with Gasteiger partial charge in [-0.05, 0) is 129 Å². The van der Waals surface area contributed by atoms with Crippen molar-refractivity contribution in [3.8, 4) is 67.3 Å². The van der Waals surface area contributed by atoms with Crippen LogP contribution in [0.25, 0.3) is 133 Å². The van der Waals surface area contributed by atoms with E-state index in [9.17, 15) is 0 Å². The lowest BCUT2D eigenvalue weighted by Gasteiger charge is -2.11. The summed E-state index contributed by atoms with van der Waals surface area (Å²) >= 11 is 0. The summed E-state index contributed by atoms with van der Waals surface area (Å²) < 4.78 is 11.0. The number of benzene rings is 10. The maximum Gasteiger partial charge on any atom is 0.138 e. The Morgan fingerprint density at radius 1 is 0.261 bits per heavy atom. The Labute approximate surface area is 398 Å². The number of para-hydroxylation sites is 3. The van der Waals surface area contributed by atoms with Crippen LogP contribution in [0.3, 0.4) is 0 Å². The van der Waals surface area contributed by atoms with Crippen molar-refractivity contribution < 1.29 is 4.42 Å². The minimum atomic E-state index is 0.866. The number of hydrogen-bond acceptors (Lipinski definition) is 2. The van der Waals surface area contributed by atoms with Crippen molar-refractivity contribution in [3.05, 3.63) is 249 Å². The van der Waals surface area contributed by atoms with Crippen LogP contribution in [-0.4, -0.2) is 14.1 Å². The van der Waals surface area contributed by atoms with Crippen molar-refractivity contribution in [2.45, 2.75) is 0 Å². The summed E-state index contributed by atoms with van der Waals surface area (Å²) in [5.41, 5.74) is 18.8. The van der Waals surface area contributed by atoms with E-state index < -0.39 is 0 Å². The van der Waals surface area contributed by atoms with Gasteiger partial charge in [0.15, 0.2) is 0 Å². The van der Waals surface area contributed by atoms with Gasteiger partial charge in [-0.2, -0.15) is 0 Å². The van der Waals surface area contributed by atoms with Gasteiger partial charge in [0, 0.05) is 43.6 Å². The van der Waals surface area contributed by atoms with Crippen LogP contribution in [0.15, 0.2) is 253 Å². The molecule has 0 saturated carbocycles. The van der Waals surface area contributed by atoms with Crippen molar-refractivity contribution in [2.75, 3.05) is 0 Å². The highest BCUT2D eigenvalue weighted by Crippen LogP contribution is 2.41. The first kappa shape index (κ1) is 39.0. The number of nitrogens with zero attached hydrogens (tertiary/aromatic N) is 3. The largest absolute Gasteiger partial charge is 0.456 e. The molecule has 0 fully saturated rings. The highest BCUT2D eigenvalue weighted by atomic mass is 16.3. The summed E-state index contributed by atoms with van der Waals surface area (Å²) in [6, 6.07) is 89.4. The van der Waals surface area contributed by atoms with Crippen molar-refractivity contribution in [3.63, 3.8) is 0 Å². The average molecular weight is 880 g/mol. The lowest BCUT2D eigenvalue weighted by molar-refractivity contribution is 0.669. The van der Waals surface area contributed by atoms with Gasteiger partial charge in [0.2, 0.25) is 0 Å². The molecule has 322 valence electrons. The van der Waals surface area contributed by atoms with Gasteiger partial charge in [0.1, 0.15) is 17.0 Å². The van der Waals surface area contributed by atoms with Crippen molar-refractivity contribution in [2.24, 2.45) is 0 Å². The van der Waals surface area contributed by atoms with Crippen LogP contribution in [-0.2, 0) is 0 Å². The van der Waals surface area contributed by atoms with Gasteiger partial charge in [-0.3, -0.25) is 4.57 Å². The predicted molar refractivity (Wildman–Crippen MR) is 287 cm³/mol. The highest BCUT2D eigenvalue weighted by molar-refractivity contribution is 6.14. The molecule has 4 aromatic heterocycles. The van der Waals surface area contributed by atoms with Crippen molar-refractivity contribution in [1.82, 2.24) is 14.1 Å². The molecule has 0 amide bonds. The first-order chi connectivity index (χ1) is 34.2. The Bertz CT molecular complexity index is 4290. The van der Waals surface area contributed by atoms with E-state index in [2.05, 4.69) is 246 Å². The zero-order chi connectivity index (χ0) is 45.4. The molecule has 0 atom stereocenters. The fourth-order valence-corrected chi connectivity index (χ4v) is 10.6. The van der Waals surface area contributed by atoms with E-state index in [0.29, 0.717) is 0 Å². The molecule has 10 aromatic carbocycles. The molecule has 0 aliphatic rings. The SMILES string of the molecule is c1ccc(-c2ccc(-c3cccc(-c4cccc(-n5c6ccc(-c7ccc8oc9ccccc9c8c7)cc6c6cc(-c7ccc8c9ccccc9n(-c9ccccc9)c8c7)ccc65)n4)c3)cc2)cc1. The zero-order valence-corrected chi connectivity index (χ0v) is 37.4. The predicted octanol–water partition coefficient (Wildman–Crippen LogP) is 17.5. The van der Waals surface area contributed by atoms with Crippen LogP contribution in [0, 0.1) is 0 Å². The molecular formula is C65H41N3O. The lowest BCUT2D eigenvalue weighted by Crippen LogP contribution is -1.98. The molecule has 0 bridgehead atoms. The number of aromatic nitrogens is 3. The second-order valence-corrected chi connectivity index (χ2v) is 17.9.